The van der Waals surface area contributed by atoms with Crippen LogP contribution in [0, 0.1) is 0 Å². The van der Waals surface area contributed by atoms with Crippen LogP contribution in [0.5, 0.6) is 0 Å². The lowest BCUT2D eigenvalue weighted by Crippen LogP contribution is -2.52. The quantitative estimate of drug-likeness (QED) is 0.626. The SMILES string of the molecule is S=C(NCc1cccs1)N1CCN(C(c2ccccc2)c2ccccc2)CC1. The summed E-state index contributed by atoms with van der Waals surface area (Å²) in [6, 6.07) is 26.1. The molecule has 1 saturated heterocycles. The molecule has 3 aromatic rings. The van der Waals surface area contributed by atoms with Gasteiger partial charge in [0, 0.05) is 31.1 Å². The molecule has 0 spiro atoms. The molecule has 1 fully saturated rings. The molecule has 2 heterocycles. The van der Waals surface area contributed by atoms with E-state index in [9.17, 15) is 0 Å². The highest BCUT2D eigenvalue weighted by Crippen LogP contribution is 2.29. The Morgan fingerprint density at radius 2 is 1.46 bits per heavy atom. The maximum atomic E-state index is 5.64. The molecular formula is C23H25N3S2. The van der Waals surface area contributed by atoms with Crippen molar-refractivity contribution >= 4 is 28.7 Å². The lowest BCUT2D eigenvalue weighted by Gasteiger charge is -2.40. The molecule has 1 aliphatic heterocycles. The molecule has 1 aliphatic rings. The van der Waals surface area contributed by atoms with Crippen molar-refractivity contribution < 1.29 is 0 Å². The molecule has 2 aromatic carbocycles. The Hall–Kier alpha value is -2.21. The zero-order chi connectivity index (χ0) is 19.2. The Kier molecular flexibility index (Phi) is 6.37. The molecule has 5 heteroatoms. The Balaban J connectivity index is 1.41. The monoisotopic (exact) mass is 407 g/mol. The minimum absolute atomic E-state index is 0.289. The molecular weight excluding hydrogens is 382 g/mol. The maximum absolute atomic E-state index is 5.64. The van der Waals surface area contributed by atoms with Gasteiger partial charge < -0.3 is 10.2 Å². The van der Waals surface area contributed by atoms with E-state index in [1.807, 2.05) is 0 Å². The van der Waals surface area contributed by atoms with Gasteiger partial charge in [0.1, 0.15) is 0 Å². The van der Waals surface area contributed by atoms with E-state index in [0.29, 0.717) is 0 Å². The van der Waals surface area contributed by atoms with Gasteiger partial charge in [-0.2, -0.15) is 0 Å². The predicted molar refractivity (Wildman–Crippen MR) is 122 cm³/mol. The largest absolute Gasteiger partial charge is 0.358 e. The fourth-order valence-electron chi connectivity index (χ4n) is 3.76. The second kappa shape index (κ2) is 9.32. The summed E-state index contributed by atoms with van der Waals surface area (Å²) < 4.78 is 0. The molecule has 0 radical (unpaired) electrons. The third-order valence-corrected chi connectivity index (χ3v) is 6.47. The molecule has 0 unspecified atom stereocenters. The van der Waals surface area contributed by atoms with Gasteiger partial charge in [-0.3, -0.25) is 4.90 Å². The lowest BCUT2D eigenvalue weighted by molar-refractivity contribution is 0.149. The van der Waals surface area contributed by atoms with Crippen molar-refractivity contribution in [3.05, 3.63) is 94.2 Å². The molecule has 0 atom stereocenters. The van der Waals surface area contributed by atoms with Crippen LogP contribution in [0.3, 0.4) is 0 Å². The maximum Gasteiger partial charge on any atom is 0.169 e. The number of hydrogen-bond donors (Lipinski definition) is 1. The van der Waals surface area contributed by atoms with Crippen LogP contribution in [0.25, 0.3) is 0 Å². The molecule has 1 N–H and O–H groups in total. The van der Waals surface area contributed by atoms with Crippen LogP contribution in [-0.4, -0.2) is 41.1 Å². The van der Waals surface area contributed by atoms with Gasteiger partial charge in [0.25, 0.3) is 0 Å². The molecule has 0 bridgehead atoms. The topological polar surface area (TPSA) is 18.5 Å². The minimum Gasteiger partial charge on any atom is -0.358 e. The molecule has 3 nitrogen and oxygen atoms in total. The molecule has 28 heavy (non-hydrogen) atoms. The number of hydrogen-bond acceptors (Lipinski definition) is 3. The number of piperazine rings is 1. The van der Waals surface area contributed by atoms with Gasteiger partial charge in [0.2, 0.25) is 0 Å². The van der Waals surface area contributed by atoms with Crippen molar-refractivity contribution in [2.75, 3.05) is 26.2 Å². The normalized spacial score (nSPS) is 15.0. The van der Waals surface area contributed by atoms with E-state index in [1.165, 1.54) is 16.0 Å². The number of nitrogens with zero attached hydrogens (tertiary/aromatic N) is 2. The summed E-state index contributed by atoms with van der Waals surface area (Å²) in [6.45, 7) is 4.71. The second-order valence-corrected chi connectivity index (χ2v) is 8.40. The van der Waals surface area contributed by atoms with Crippen molar-refractivity contribution in [1.29, 1.82) is 0 Å². The summed E-state index contributed by atoms with van der Waals surface area (Å²) in [5.41, 5.74) is 2.70. The smallest absolute Gasteiger partial charge is 0.169 e. The van der Waals surface area contributed by atoms with Gasteiger partial charge in [-0.15, -0.1) is 11.3 Å². The van der Waals surface area contributed by atoms with E-state index in [-0.39, 0.29) is 6.04 Å². The summed E-state index contributed by atoms with van der Waals surface area (Å²) in [6.07, 6.45) is 0. The first kappa shape index (κ1) is 19.1. The van der Waals surface area contributed by atoms with Gasteiger partial charge >= 0.3 is 0 Å². The third-order valence-electron chi connectivity index (χ3n) is 5.19. The summed E-state index contributed by atoms with van der Waals surface area (Å²) in [7, 11) is 0. The fourth-order valence-corrected chi connectivity index (χ4v) is 4.65. The van der Waals surface area contributed by atoms with E-state index in [2.05, 4.69) is 93.3 Å². The van der Waals surface area contributed by atoms with Crippen LogP contribution >= 0.6 is 23.6 Å². The van der Waals surface area contributed by atoms with Crippen molar-refractivity contribution in [1.82, 2.24) is 15.1 Å². The average Bonchev–Trinajstić information content (AvgIpc) is 3.28. The van der Waals surface area contributed by atoms with E-state index < -0.39 is 0 Å². The number of thiocarbonyl (C=S) groups is 1. The van der Waals surface area contributed by atoms with Crippen molar-refractivity contribution in [3.8, 4) is 0 Å². The molecule has 144 valence electrons. The van der Waals surface area contributed by atoms with Crippen LogP contribution in [-0.2, 0) is 6.54 Å². The summed E-state index contributed by atoms with van der Waals surface area (Å²) in [5.74, 6) is 0. The number of rotatable bonds is 5. The highest BCUT2D eigenvalue weighted by atomic mass is 32.1. The van der Waals surface area contributed by atoms with Crippen LogP contribution < -0.4 is 5.32 Å². The van der Waals surface area contributed by atoms with Gasteiger partial charge in [0.15, 0.2) is 5.11 Å². The number of nitrogens with one attached hydrogen (secondary N) is 1. The first-order valence-corrected chi connectivity index (χ1v) is 11.0. The fraction of sp³-hybridized carbons (Fsp3) is 0.261. The van der Waals surface area contributed by atoms with Gasteiger partial charge in [-0.25, -0.2) is 0 Å². The third kappa shape index (κ3) is 4.61. The first-order valence-electron chi connectivity index (χ1n) is 9.70. The van der Waals surface area contributed by atoms with Crippen LogP contribution in [0.4, 0.5) is 0 Å². The van der Waals surface area contributed by atoms with Crippen molar-refractivity contribution in [3.63, 3.8) is 0 Å². The Labute approximate surface area is 176 Å². The van der Waals surface area contributed by atoms with Crippen LogP contribution in [0.2, 0.25) is 0 Å². The first-order chi connectivity index (χ1) is 13.8. The van der Waals surface area contributed by atoms with E-state index in [1.54, 1.807) is 11.3 Å². The standard InChI is InChI=1S/C23H25N3S2/c27-23(24-18-21-12-7-17-28-21)26-15-13-25(14-16-26)22(19-8-3-1-4-9-19)20-10-5-2-6-11-20/h1-12,17,22H,13-16,18H2,(H,24,27). The Morgan fingerprint density at radius 1 is 0.857 bits per heavy atom. The molecule has 0 amide bonds. The van der Waals surface area contributed by atoms with Crippen LogP contribution in [0.15, 0.2) is 78.2 Å². The number of thiophene rings is 1. The van der Waals surface area contributed by atoms with E-state index in [4.69, 9.17) is 12.2 Å². The predicted octanol–water partition coefficient (Wildman–Crippen LogP) is 4.53. The second-order valence-electron chi connectivity index (χ2n) is 6.98. The Morgan fingerprint density at radius 3 is 2.00 bits per heavy atom. The zero-order valence-corrected chi connectivity index (χ0v) is 17.5. The van der Waals surface area contributed by atoms with Crippen LogP contribution in [0.1, 0.15) is 22.0 Å². The molecule has 0 saturated carbocycles. The average molecular weight is 408 g/mol. The van der Waals surface area contributed by atoms with Gasteiger partial charge in [-0.1, -0.05) is 66.7 Å². The molecule has 0 aliphatic carbocycles. The molecule has 1 aromatic heterocycles. The highest BCUT2D eigenvalue weighted by molar-refractivity contribution is 7.80. The Bertz CT molecular complexity index is 818. The summed E-state index contributed by atoms with van der Waals surface area (Å²) >= 11 is 7.40. The highest BCUT2D eigenvalue weighted by Gasteiger charge is 2.27. The summed E-state index contributed by atoms with van der Waals surface area (Å²) in [5, 5.41) is 6.38. The van der Waals surface area contributed by atoms with Crippen molar-refractivity contribution in [2.45, 2.75) is 12.6 Å². The zero-order valence-electron chi connectivity index (χ0n) is 15.8. The van der Waals surface area contributed by atoms with Crippen molar-refractivity contribution in [2.24, 2.45) is 0 Å². The van der Waals surface area contributed by atoms with Gasteiger partial charge in [0.05, 0.1) is 12.6 Å². The number of benzene rings is 2. The minimum atomic E-state index is 0.289. The lowest BCUT2D eigenvalue weighted by atomic mass is 9.96. The summed E-state index contributed by atoms with van der Waals surface area (Å²) in [4.78, 5) is 6.18. The van der Waals surface area contributed by atoms with Gasteiger partial charge in [-0.05, 0) is 34.8 Å². The molecule has 4 rings (SSSR count). The van der Waals surface area contributed by atoms with E-state index >= 15 is 0 Å². The van der Waals surface area contributed by atoms with E-state index in [0.717, 1.165) is 37.8 Å².